The Morgan fingerprint density at radius 2 is 1.54 bits per heavy atom. The molecule has 0 aliphatic rings. The van der Waals surface area contributed by atoms with Crippen LogP contribution in [0.4, 0.5) is 5.69 Å². The van der Waals surface area contributed by atoms with Crippen LogP contribution in [0.15, 0.2) is 101 Å². The monoisotopic (exact) mass is 519 g/mol. The molecule has 1 aromatic heterocycles. The number of unbranched alkanes of at least 4 members (excludes halogenated alkanes) is 1. The number of hydrogen-bond acceptors (Lipinski definition) is 4. The zero-order valence-corrected chi connectivity index (χ0v) is 22.3. The van der Waals surface area contributed by atoms with Gasteiger partial charge in [0.05, 0.1) is 11.5 Å². The van der Waals surface area contributed by atoms with E-state index in [4.69, 9.17) is 9.15 Å². The zero-order chi connectivity index (χ0) is 27.0. The molecule has 5 rings (SSSR count). The van der Waals surface area contributed by atoms with Crippen LogP contribution in [0.1, 0.15) is 48.6 Å². The van der Waals surface area contributed by atoms with Gasteiger partial charge in [0.1, 0.15) is 11.3 Å². The maximum atomic E-state index is 11.8. The van der Waals surface area contributed by atoms with Gasteiger partial charge in [-0.15, -0.1) is 0 Å². The fourth-order valence-electron chi connectivity index (χ4n) is 4.97. The molecular weight excluding hydrogens is 486 g/mol. The van der Waals surface area contributed by atoms with Crippen LogP contribution in [0.2, 0.25) is 0 Å². The van der Waals surface area contributed by atoms with Crippen molar-refractivity contribution in [2.45, 2.75) is 45.4 Å². The van der Waals surface area contributed by atoms with Crippen LogP contribution in [0, 0.1) is 10.1 Å². The number of furan rings is 1. The highest BCUT2D eigenvalue weighted by atomic mass is 16.6. The molecule has 0 saturated carbocycles. The van der Waals surface area contributed by atoms with Gasteiger partial charge in [0.15, 0.2) is 5.75 Å². The van der Waals surface area contributed by atoms with Crippen LogP contribution >= 0.6 is 0 Å². The fourth-order valence-corrected chi connectivity index (χ4v) is 4.97. The molecular formula is C34H33NO4. The van der Waals surface area contributed by atoms with Gasteiger partial charge in [0.25, 0.3) is 0 Å². The van der Waals surface area contributed by atoms with E-state index in [9.17, 15) is 10.1 Å². The predicted octanol–water partition coefficient (Wildman–Crippen LogP) is 8.95. The first kappa shape index (κ1) is 26.2. The van der Waals surface area contributed by atoms with Crippen molar-refractivity contribution in [2.24, 2.45) is 0 Å². The summed E-state index contributed by atoms with van der Waals surface area (Å²) in [6, 6.07) is 31.8. The molecule has 0 aliphatic carbocycles. The summed E-state index contributed by atoms with van der Waals surface area (Å²) in [5, 5.41) is 13.0. The minimum atomic E-state index is -0.369. The Kier molecular flexibility index (Phi) is 8.37. The molecule has 0 saturated heterocycles. The van der Waals surface area contributed by atoms with Crippen LogP contribution in [0.3, 0.4) is 0 Å². The number of hydrogen-bond donors (Lipinski definition) is 0. The van der Waals surface area contributed by atoms with Crippen LogP contribution < -0.4 is 4.74 Å². The van der Waals surface area contributed by atoms with Crippen LogP contribution in [0.5, 0.6) is 5.75 Å². The van der Waals surface area contributed by atoms with Gasteiger partial charge in [-0.2, -0.15) is 0 Å². The lowest BCUT2D eigenvalue weighted by atomic mass is 9.97. The molecule has 4 aromatic carbocycles. The molecule has 0 fully saturated rings. The summed E-state index contributed by atoms with van der Waals surface area (Å²) in [5.41, 5.74) is 6.30. The van der Waals surface area contributed by atoms with E-state index in [0.29, 0.717) is 12.4 Å². The third kappa shape index (κ3) is 6.37. The van der Waals surface area contributed by atoms with Crippen molar-refractivity contribution in [1.82, 2.24) is 0 Å². The average Bonchev–Trinajstić information content (AvgIpc) is 3.32. The maximum absolute atomic E-state index is 11.8. The van der Waals surface area contributed by atoms with E-state index in [-0.39, 0.29) is 10.6 Å². The Bertz CT molecular complexity index is 1540. The standard InChI is InChI=1S/C34H33NO4/c1-2-3-14-33-30(29-13-7-8-15-32(29)39-33)23-26-16-18-27(19-17-26)28-20-21-34(31(24-28)35(36)37)38-22-9-12-25-10-5-4-6-11-25/h4-8,10-11,13,15-21,24H,2-3,9,12,14,22-23H2,1H3. The average molecular weight is 520 g/mol. The van der Waals surface area contributed by atoms with Crippen molar-refractivity contribution in [2.75, 3.05) is 6.61 Å². The lowest BCUT2D eigenvalue weighted by Gasteiger charge is -2.10. The molecule has 0 amide bonds. The molecule has 0 spiro atoms. The highest BCUT2D eigenvalue weighted by Gasteiger charge is 2.18. The smallest absolute Gasteiger partial charge is 0.311 e. The third-order valence-electron chi connectivity index (χ3n) is 7.07. The number of nitrogens with zero attached hydrogens (tertiary/aromatic N) is 1. The number of nitro benzene ring substituents is 1. The van der Waals surface area contributed by atoms with Crippen molar-refractivity contribution < 1.29 is 14.1 Å². The lowest BCUT2D eigenvalue weighted by Crippen LogP contribution is -2.02. The molecule has 39 heavy (non-hydrogen) atoms. The normalized spacial score (nSPS) is 11.1. The Hall–Kier alpha value is -4.38. The SMILES string of the molecule is CCCCc1oc2ccccc2c1Cc1ccc(-c2ccc(OCCCc3ccccc3)c([N+](=O)[O-])c2)cc1. The van der Waals surface area contributed by atoms with Crippen molar-refractivity contribution in [3.8, 4) is 16.9 Å². The molecule has 0 radical (unpaired) electrons. The van der Waals surface area contributed by atoms with Crippen molar-refractivity contribution in [3.05, 3.63) is 130 Å². The van der Waals surface area contributed by atoms with E-state index in [2.05, 4.69) is 43.3 Å². The van der Waals surface area contributed by atoms with Crippen molar-refractivity contribution in [1.29, 1.82) is 0 Å². The summed E-state index contributed by atoms with van der Waals surface area (Å²) in [7, 11) is 0. The molecule has 0 bridgehead atoms. The van der Waals surface area contributed by atoms with Crippen molar-refractivity contribution in [3.63, 3.8) is 0 Å². The molecule has 198 valence electrons. The lowest BCUT2D eigenvalue weighted by molar-refractivity contribution is -0.385. The van der Waals surface area contributed by atoms with Gasteiger partial charge in [0, 0.05) is 29.9 Å². The van der Waals surface area contributed by atoms with Crippen LogP contribution in [-0.4, -0.2) is 11.5 Å². The molecule has 0 aliphatic heterocycles. The summed E-state index contributed by atoms with van der Waals surface area (Å²) in [6.07, 6.45) is 5.59. The maximum Gasteiger partial charge on any atom is 0.311 e. The van der Waals surface area contributed by atoms with Gasteiger partial charge in [-0.05, 0) is 53.6 Å². The minimum Gasteiger partial charge on any atom is -0.487 e. The second-order valence-electron chi connectivity index (χ2n) is 9.85. The van der Waals surface area contributed by atoms with E-state index in [1.165, 1.54) is 22.1 Å². The number of rotatable bonds is 12. The van der Waals surface area contributed by atoms with Gasteiger partial charge >= 0.3 is 5.69 Å². The summed E-state index contributed by atoms with van der Waals surface area (Å²) >= 11 is 0. The molecule has 5 nitrogen and oxygen atoms in total. The number of aryl methyl sites for hydroxylation is 2. The fraction of sp³-hybridized carbons (Fsp3) is 0.235. The van der Waals surface area contributed by atoms with E-state index >= 15 is 0 Å². The molecule has 0 unspecified atom stereocenters. The first-order valence-electron chi connectivity index (χ1n) is 13.7. The summed E-state index contributed by atoms with van der Waals surface area (Å²) in [5.74, 6) is 1.37. The second kappa shape index (κ2) is 12.4. The second-order valence-corrected chi connectivity index (χ2v) is 9.85. The Morgan fingerprint density at radius 1 is 0.795 bits per heavy atom. The number of para-hydroxylation sites is 1. The number of fused-ring (bicyclic) bond motifs is 1. The zero-order valence-electron chi connectivity index (χ0n) is 22.3. The first-order chi connectivity index (χ1) is 19.1. The topological polar surface area (TPSA) is 65.5 Å². The van der Waals surface area contributed by atoms with Crippen LogP contribution in [-0.2, 0) is 19.3 Å². The van der Waals surface area contributed by atoms with E-state index < -0.39 is 0 Å². The number of benzene rings is 4. The first-order valence-corrected chi connectivity index (χ1v) is 13.7. The van der Waals surface area contributed by atoms with E-state index in [1.807, 2.05) is 48.5 Å². The summed E-state index contributed by atoms with van der Waals surface area (Å²) in [4.78, 5) is 11.5. The highest BCUT2D eigenvalue weighted by Crippen LogP contribution is 2.34. The van der Waals surface area contributed by atoms with Crippen molar-refractivity contribution >= 4 is 16.7 Å². The minimum absolute atomic E-state index is 0.0123. The van der Waals surface area contributed by atoms with Gasteiger partial charge in [-0.1, -0.05) is 92.2 Å². The molecule has 0 atom stereocenters. The number of ether oxygens (including phenoxy) is 1. The molecule has 5 aromatic rings. The van der Waals surface area contributed by atoms with E-state index in [1.54, 1.807) is 12.1 Å². The molecule has 1 heterocycles. The Morgan fingerprint density at radius 3 is 2.31 bits per heavy atom. The summed E-state index contributed by atoms with van der Waals surface area (Å²) in [6.45, 7) is 2.61. The van der Waals surface area contributed by atoms with Gasteiger partial charge in [-0.3, -0.25) is 10.1 Å². The quantitative estimate of drug-likeness (QED) is 0.0937. The Balaban J connectivity index is 1.29. The van der Waals surface area contributed by atoms with Gasteiger partial charge in [0.2, 0.25) is 0 Å². The van der Waals surface area contributed by atoms with Crippen LogP contribution in [0.25, 0.3) is 22.1 Å². The Labute approximate surface area is 229 Å². The predicted molar refractivity (Wildman–Crippen MR) is 156 cm³/mol. The summed E-state index contributed by atoms with van der Waals surface area (Å²) < 4.78 is 12.0. The van der Waals surface area contributed by atoms with E-state index in [0.717, 1.165) is 61.0 Å². The largest absolute Gasteiger partial charge is 0.487 e. The highest BCUT2D eigenvalue weighted by molar-refractivity contribution is 5.82. The number of nitro groups is 1. The molecule has 0 N–H and O–H groups in total. The van der Waals surface area contributed by atoms with Gasteiger partial charge < -0.3 is 9.15 Å². The molecule has 5 heteroatoms. The third-order valence-corrected chi connectivity index (χ3v) is 7.07. The van der Waals surface area contributed by atoms with Gasteiger partial charge in [-0.25, -0.2) is 0 Å².